The van der Waals surface area contributed by atoms with Crippen LogP contribution in [-0.4, -0.2) is 34.8 Å². The molecule has 28 heavy (non-hydrogen) atoms. The number of aromatic nitrogens is 3. The molecule has 2 N–H and O–H groups in total. The molecule has 2 heterocycles. The summed E-state index contributed by atoms with van der Waals surface area (Å²) >= 11 is 0. The fourth-order valence-corrected chi connectivity index (χ4v) is 5.46. The zero-order valence-corrected chi connectivity index (χ0v) is 16.2. The van der Waals surface area contributed by atoms with Gasteiger partial charge in [0.25, 0.3) is 5.91 Å². The average Bonchev–Trinajstić information content (AvgIpc) is 3.21. The lowest BCUT2D eigenvalue weighted by atomic mass is 10.0. The molecule has 1 saturated carbocycles. The maximum Gasteiger partial charge on any atom is 0.253 e. The molecule has 146 valence electrons. The Morgan fingerprint density at radius 1 is 1.11 bits per heavy atom. The number of hydrogen-bond donors (Lipinski definition) is 2. The van der Waals surface area contributed by atoms with Crippen molar-refractivity contribution in [3.8, 4) is 0 Å². The third kappa shape index (κ3) is 3.77. The van der Waals surface area contributed by atoms with Gasteiger partial charge in [0.1, 0.15) is 0 Å². The summed E-state index contributed by atoms with van der Waals surface area (Å²) in [5.74, 6) is -0.241. The molecular formula is C20H22N4O3S. The number of fused-ring (bicyclic) bond motifs is 1. The minimum atomic E-state index is -3.27. The van der Waals surface area contributed by atoms with Gasteiger partial charge in [-0.3, -0.25) is 9.89 Å². The Morgan fingerprint density at radius 3 is 2.61 bits per heavy atom. The van der Waals surface area contributed by atoms with E-state index in [1.165, 1.54) is 6.20 Å². The van der Waals surface area contributed by atoms with Gasteiger partial charge in [0.05, 0.1) is 21.9 Å². The minimum absolute atomic E-state index is 0.241. The van der Waals surface area contributed by atoms with Crippen LogP contribution in [0.15, 0.2) is 47.6 Å². The minimum Gasteiger partial charge on any atom is -0.348 e. The Balaban J connectivity index is 1.40. The summed E-state index contributed by atoms with van der Waals surface area (Å²) in [5, 5.41) is 9.97. The number of amides is 1. The van der Waals surface area contributed by atoms with E-state index in [1.807, 2.05) is 0 Å². The Bertz CT molecular complexity index is 1080. The van der Waals surface area contributed by atoms with Crippen molar-refractivity contribution in [3.05, 3.63) is 53.9 Å². The molecule has 2 aromatic heterocycles. The highest BCUT2D eigenvalue weighted by Gasteiger charge is 2.28. The van der Waals surface area contributed by atoms with Gasteiger partial charge in [0, 0.05) is 18.1 Å². The molecule has 1 amide bonds. The van der Waals surface area contributed by atoms with Crippen molar-refractivity contribution in [1.82, 2.24) is 20.5 Å². The van der Waals surface area contributed by atoms with Crippen LogP contribution in [0.3, 0.4) is 0 Å². The first-order valence-electron chi connectivity index (χ1n) is 9.44. The molecule has 8 heteroatoms. The quantitative estimate of drug-likeness (QED) is 0.687. The lowest BCUT2D eigenvalue weighted by molar-refractivity contribution is 0.0950. The number of carbonyl (C=O) groups excluding carboxylic acids is 1. The van der Waals surface area contributed by atoms with E-state index in [0.29, 0.717) is 22.7 Å². The van der Waals surface area contributed by atoms with Crippen LogP contribution in [0.4, 0.5) is 0 Å². The highest BCUT2D eigenvalue weighted by atomic mass is 32.2. The molecule has 3 aromatic rings. The first-order chi connectivity index (χ1) is 13.5. The number of sulfone groups is 1. The Labute approximate surface area is 163 Å². The molecule has 4 rings (SSSR count). The van der Waals surface area contributed by atoms with Crippen molar-refractivity contribution in [2.75, 3.05) is 0 Å². The second-order valence-electron chi connectivity index (χ2n) is 7.16. The Morgan fingerprint density at radius 2 is 1.86 bits per heavy atom. The van der Waals surface area contributed by atoms with Gasteiger partial charge in [-0.2, -0.15) is 5.10 Å². The largest absolute Gasteiger partial charge is 0.348 e. The third-order valence-corrected chi connectivity index (χ3v) is 7.53. The van der Waals surface area contributed by atoms with Gasteiger partial charge < -0.3 is 5.32 Å². The molecule has 1 fully saturated rings. The molecule has 0 radical (unpaired) electrons. The van der Waals surface area contributed by atoms with Gasteiger partial charge >= 0.3 is 0 Å². The predicted octanol–water partition coefficient (Wildman–Crippen LogP) is 2.99. The van der Waals surface area contributed by atoms with Gasteiger partial charge in [0.15, 0.2) is 15.5 Å². The normalized spacial score (nSPS) is 15.6. The first-order valence-corrected chi connectivity index (χ1v) is 11.0. The van der Waals surface area contributed by atoms with E-state index in [1.54, 1.807) is 36.5 Å². The van der Waals surface area contributed by atoms with E-state index in [-0.39, 0.29) is 11.2 Å². The molecule has 0 aliphatic heterocycles. The molecule has 0 saturated heterocycles. The highest BCUT2D eigenvalue weighted by molar-refractivity contribution is 7.92. The van der Waals surface area contributed by atoms with E-state index in [9.17, 15) is 13.2 Å². The van der Waals surface area contributed by atoms with E-state index in [0.717, 1.165) is 43.1 Å². The topological polar surface area (TPSA) is 105 Å². The molecular weight excluding hydrogens is 376 g/mol. The smallest absolute Gasteiger partial charge is 0.253 e. The number of aromatic amines is 1. The number of rotatable bonds is 5. The molecule has 0 unspecified atom stereocenters. The SMILES string of the molecule is O=C(NCc1ccc(S(=O)(=O)C2CCCCC2)cc1)c1cnc2[nH]ncc2c1. The van der Waals surface area contributed by atoms with Gasteiger partial charge in [-0.25, -0.2) is 13.4 Å². The third-order valence-electron chi connectivity index (χ3n) is 5.25. The van der Waals surface area contributed by atoms with Crippen LogP contribution in [0.2, 0.25) is 0 Å². The zero-order valence-electron chi connectivity index (χ0n) is 15.4. The average molecular weight is 398 g/mol. The number of hydrogen-bond acceptors (Lipinski definition) is 5. The van der Waals surface area contributed by atoms with Crippen molar-refractivity contribution in [3.63, 3.8) is 0 Å². The number of benzene rings is 1. The summed E-state index contributed by atoms with van der Waals surface area (Å²) in [7, 11) is -3.27. The first kappa shape index (κ1) is 18.6. The van der Waals surface area contributed by atoms with Crippen molar-refractivity contribution in [2.24, 2.45) is 0 Å². The van der Waals surface area contributed by atoms with Gasteiger partial charge in [-0.05, 0) is 36.6 Å². The summed E-state index contributed by atoms with van der Waals surface area (Å²) in [6, 6.07) is 8.52. The van der Waals surface area contributed by atoms with E-state index >= 15 is 0 Å². The highest BCUT2D eigenvalue weighted by Crippen LogP contribution is 2.28. The lowest BCUT2D eigenvalue weighted by Gasteiger charge is -2.21. The molecule has 1 aliphatic carbocycles. The number of carbonyl (C=O) groups is 1. The summed E-state index contributed by atoms with van der Waals surface area (Å²) in [5.41, 5.74) is 1.92. The number of nitrogens with zero attached hydrogens (tertiary/aromatic N) is 2. The van der Waals surface area contributed by atoms with Gasteiger partial charge in [-0.15, -0.1) is 0 Å². The van der Waals surface area contributed by atoms with Crippen molar-refractivity contribution in [1.29, 1.82) is 0 Å². The summed E-state index contributed by atoms with van der Waals surface area (Å²) in [6.45, 7) is 0.312. The van der Waals surface area contributed by atoms with Crippen LogP contribution < -0.4 is 5.32 Å². The lowest BCUT2D eigenvalue weighted by Crippen LogP contribution is -2.24. The van der Waals surface area contributed by atoms with Gasteiger partial charge in [0.2, 0.25) is 0 Å². The van der Waals surface area contributed by atoms with Crippen molar-refractivity contribution >= 4 is 26.8 Å². The van der Waals surface area contributed by atoms with Gasteiger partial charge in [-0.1, -0.05) is 31.4 Å². The fourth-order valence-electron chi connectivity index (χ4n) is 3.61. The number of H-pyrrole nitrogens is 1. The summed E-state index contributed by atoms with van der Waals surface area (Å²) < 4.78 is 25.5. The maximum absolute atomic E-state index is 12.8. The van der Waals surface area contributed by atoms with E-state index < -0.39 is 9.84 Å². The number of nitrogens with one attached hydrogen (secondary N) is 2. The zero-order chi connectivity index (χ0) is 19.6. The molecule has 7 nitrogen and oxygen atoms in total. The summed E-state index contributed by atoms with van der Waals surface area (Å²) in [6.07, 6.45) is 7.68. The van der Waals surface area contributed by atoms with E-state index in [2.05, 4.69) is 20.5 Å². The molecule has 1 aromatic carbocycles. The van der Waals surface area contributed by atoms with Crippen molar-refractivity contribution < 1.29 is 13.2 Å². The van der Waals surface area contributed by atoms with Crippen LogP contribution in [0, 0.1) is 0 Å². The molecule has 0 bridgehead atoms. The Hall–Kier alpha value is -2.74. The second kappa shape index (κ2) is 7.71. The number of pyridine rings is 1. The fraction of sp³-hybridized carbons (Fsp3) is 0.350. The van der Waals surface area contributed by atoms with Crippen molar-refractivity contribution in [2.45, 2.75) is 48.8 Å². The van der Waals surface area contributed by atoms with Crippen LogP contribution >= 0.6 is 0 Å². The van der Waals surface area contributed by atoms with Crippen LogP contribution in [0.1, 0.15) is 48.0 Å². The molecule has 1 aliphatic rings. The standard InChI is InChI=1S/C20H22N4O3S/c25-20(16-10-15-13-23-24-19(15)21-12-16)22-11-14-6-8-18(9-7-14)28(26,27)17-4-2-1-3-5-17/h6-10,12-13,17H,1-5,11H2,(H,22,25)(H,21,23,24). The molecule has 0 atom stereocenters. The maximum atomic E-state index is 12.8. The monoisotopic (exact) mass is 398 g/mol. The van der Waals surface area contributed by atoms with E-state index in [4.69, 9.17) is 0 Å². The molecule has 0 spiro atoms. The van der Waals surface area contributed by atoms with Crippen LogP contribution in [-0.2, 0) is 16.4 Å². The Kier molecular flexibility index (Phi) is 5.13. The predicted molar refractivity (Wildman–Crippen MR) is 106 cm³/mol. The van der Waals surface area contributed by atoms with Crippen LogP contribution in [0.5, 0.6) is 0 Å². The second-order valence-corrected chi connectivity index (χ2v) is 9.39. The summed E-state index contributed by atoms with van der Waals surface area (Å²) in [4.78, 5) is 16.9. The van der Waals surface area contributed by atoms with Crippen LogP contribution in [0.25, 0.3) is 11.0 Å².